The highest BCUT2D eigenvalue weighted by molar-refractivity contribution is 5.85. The lowest BCUT2D eigenvalue weighted by Gasteiger charge is -2.15. The summed E-state index contributed by atoms with van der Waals surface area (Å²) in [6.07, 6.45) is 24.0. The van der Waals surface area contributed by atoms with Crippen molar-refractivity contribution < 1.29 is 9.90 Å². The van der Waals surface area contributed by atoms with Gasteiger partial charge in [0, 0.05) is 5.57 Å². The molecule has 0 spiro atoms. The first-order valence-corrected chi connectivity index (χ1v) is 11.9. The van der Waals surface area contributed by atoms with Crippen molar-refractivity contribution in [1.29, 1.82) is 0 Å². The SMILES string of the molecule is CCCCCCCCCCCCCCCC[C@H](C)C[C@H](C)/C=C(\C)C(=O)O. The van der Waals surface area contributed by atoms with Crippen molar-refractivity contribution in [2.24, 2.45) is 11.8 Å². The van der Waals surface area contributed by atoms with Gasteiger partial charge in [0.2, 0.25) is 0 Å². The zero-order chi connectivity index (χ0) is 20.3. The Bertz CT molecular complexity index is 373. The average Bonchev–Trinajstić information content (AvgIpc) is 2.61. The summed E-state index contributed by atoms with van der Waals surface area (Å²) in [6.45, 7) is 8.42. The molecule has 0 aliphatic heterocycles. The Morgan fingerprint density at radius 1 is 0.778 bits per heavy atom. The number of allylic oxidation sites excluding steroid dienone is 1. The number of unbranched alkanes of at least 4 members (excludes halogenated alkanes) is 13. The Morgan fingerprint density at radius 3 is 1.59 bits per heavy atom. The molecule has 0 aromatic carbocycles. The summed E-state index contributed by atoms with van der Waals surface area (Å²) in [7, 11) is 0. The largest absolute Gasteiger partial charge is 0.478 e. The van der Waals surface area contributed by atoms with Crippen LogP contribution >= 0.6 is 0 Å². The molecule has 0 aromatic heterocycles. The van der Waals surface area contributed by atoms with Crippen LogP contribution in [-0.4, -0.2) is 11.1 Å². The van der Waals surface area contributed by atoms with Gasteiger partial charge < -0.3 is 5.11 Å². The van der Waals surface area contributed by atoms with Crippen LogP contribution in [0.3, 0.4) is 0 Å². The number of aliphatic carboxylic acids is 1. The highest BCUT2D eigenvalue weighted by Crippen LogP contribution is 2.21. The van der Waals surface area contributed by atoms with E-state index in [0.717, 1.165) is 6.42 Å². The molecule has 0 bridgehead atoms. The molecular formula is C25H48O2. The summed E-state index contributed by atoms with van der Waals surface area (Å²) in [4.78, 5) is 10.9. The fourth-order valence-corrected chi connectivity index (χ4v) is 4.01. The van der Waals surface area contributed by atoms with Gasteiger partial charge in [-0.1, -0.05) is 123 Å². The van der Waals surface area contributed by atoms with Gasteiger partial charge >= 0.3 is 5.97 Å². The molecule has 0 heterocycles. The predicted octanol–water partition coefficient (Wildman–Crippen LogP) is 8.55. The standard InChI is InChI=1S/C25H48O2/c1-5-6-7-8-9-10-11-12-13-14-15-16-17-18-19-22(2)20-23(3)21-24(4)25(26)27/h21-23H,5-20H2,1-4H3,(H,26,27)/b24-21+/t22-,23-/m0/s1. The average molecular weight is 381 g/mol. The molecule has 0 aliphatic carbocycles. The van der Waals surface area contributed by atoms with E-state index < -0.39 is 5.97 Å². The minimum atomic E-state index is -0.790. The maximum atomic E-state index is 10.9. The predicted molar refractivity (Wildman–Crippen MR) is 119 cm³/mol. The maximum Gasteiger partial charge on any atom is 0.330 e. The third kappa shape index (κ3) is 18.3. The van der Waals surface area contributed by atoms with Crippen molar-refractivity contribution in [2.45, 2.75) is 130 Å². The van der Waals surface area contributed by atoms with Crippen LogP contribution in [0, 0.1) is 11.8 Å². The Kier molecular flexibility index (Phi) is 18.0. The molecule has 0 saturated heterocycles. The second kappa shape index (κ2) is 18.6. The molecule has 0 amide bonds. The number of carboxylic acid groups (broad SMARTS) is 1. The van der Waals surface area contributed by atoms with E-state index >= 15 is 0 Å². The van der Waals surface area contributed by atoms with Crippen LogP contribution in [0.5, 0.6) is 0 Å². The van der Waals surface area contributed by atoms with E-state index in [9.17, 15) is 4.79 Å². The lowest BCUT2D eigenvalue weighted by atomic mass is 9.91. The molecule has 0 saturated carbocycles. The van der Waals surface area contributed by atoms with E-state index in [2.05, 4.69) is 20.8 Å². The van der Waals surface area contributed by atoms with Crippen LogP contribution in [0.1, 0.15) is 130 Å². The van der Waals surface area contributed by atoms with Crippen LogP contribution in [0.2, 0.25) is 0 Å². The minimum absolute atomic E-state index is 0.364. The fraction of sp³-hybridized carbons (Fsp3) is 0.880. The van der Waals surface area contributed by atoms with Gasteiger partial charge in [-0.3, -0.25) is 0 Å². The lowest BCUT2D eigenvalue weighted by Crippen LogP contribution is -2.04. The zero-order valence-electron chi connectivity index (χ0n) is 18.9. The molecule has 0 aromatic rings. The van der Waals surface area contributed by atoms with E-state index in [1.165, 1.54) is 96.3 Å². The Hall–Kier alpha value is -0.790. The van der Waals surface area contributed by atoms with E-state index in [4.69, 9.17) is 5.11 Å². The third-order valence-corrected chi connectivity index (χ3v) is 5.70. The second-order valence-electron chi connectivity index (χ2n) is 8.86. The van der Waals surface area contributed by atoms with Crippen LogP contribution in [0.25, 0.3) is 0 Å². The Morgan fingerprint density at radius 2 is 1.19 bits per heavy atom. The highest BCUT2D eigenvalue weighted by Gasteiger charge is 2.09. The molecule has 0 unspecified atom stereocenters. The molecular weight excluding hydrogens is 332 g/mol. The van der Waals surface area contributed by atoms with Gasteiger partial charge in [0.25, 0.3) is 0 Å². The highest BCUT2D eigenvalue weighted by atomic mass is 16.4. The second-order valence-corrected chi connectivity index (χ2v) is 8.86. The van der Waals surface area contributed by atoms with Gasteiger partial charge in [-0.05, 0) is 25.2 Å². The monoisotopic (exact) mass is 380 g/mol. The van der Waals surface area contributed by atoms with Gasteiger partial charge in [0.1, 0.15) is 0 Å². The summed E-state index contributed by atoms with van der Waals surface area (Å²) in [5, 5.41) is 8.94. The topological polar surface area (TPSA) is 37.3 Å². The quantitative estimate of drug-likeness (QED) is 0.180. The van der Waals surface area contributed by atoms with Gasteiger partial charge in [0.15, 0.2) is 0 Å². The van der Waals surface area contributed by atoms with E-state index in [-0.39, 0.29) is 0 Å². The maximum absolute atomic E-state index is 10.9. The first-order valence-electron chi connectivity index (χ1n) is 11.9. The van der Waals surface area contributed by atoms with Crippen LogP contribution in [0.15, 0.2) is 11.6 Å². The van der Waals surface area contributed by atoms with Crippen molar-refractivity contribution in [1.82, 2.24) is 0 Å². The number of hydrogen-bond acceptors (Lipinski definition) is 1. The first-order chi connectivity index (χ1) is 13.0. The molecule has 27 heavy (non-hydrogen) atoms. The van der Waals surface area contributed by atoms with Crippen molar-refractivity contribution in [3.8, 4) is 0 Å². The summed E-state index contributed by atoms with van der Waals surface area (Å²) >= 11 is 0. The van der Waals surface area contributed by atoms with Gasteiger partial charge in [-0.25, -0.2) is 4.79 Å². The molecule has 2 atom stereocenters. The number of rotatable bonds is 19. The molecule has 160 valence electrons. The number of carbonyl (C=O) groups is 1. The lowest BCUT2D eigenvalue weighted by molar-refractivity contribution is -0.132. The van der Waals surface area contributed by atoms with Crippen molar-refractivity contribution in [3.05, 3.63) is 11.6 Å². The van der Waals surface area contributed by atoms with Gasteiger partial charge in [-0.15, -0.1) is 0 Å². The molecule has 0 fully saturated rings. The van der Waals surface area contributed by atoms with Crippen LogP contribution in [-0.2, 0) is 4.79 Å². The van der Waals surface area contributed by atoms with Gasteiger partial charge in [0.05, 0.1) is 0 Å². The molecule has 2 nitrogen and oxygen atoms in total. The Balaban J connectivity index is 3.39. The van der Waals surface area contributed by atoms with Crippen LogP contribution in [0.4, 0.5) is 0 Å². The smallest absolute Gasteiger partial charge is 0.330 e. The molecule has 2 heteroatoms. The fourth-order valence-electron chi connectivity index (χ4n) is 4.01. The van der Waals surface area contributed by atoms with Crippen molar-refractivity contribution in [2.75, 3.05) is 0 Å². The molecule has 0 radical (unpaired) electrons. The number of hydrogen-bond donors (Lipinski definition) is 1. The summed E-state index contributed by atoms with van der Waals surface area (Å²) in [6, 6.07) is 0. The zero-order valence-corrected chi connectivity index (χ0v) is 18.9. The minimum Gasteiger partial charge on any atom is -0.478 e. The molecule has 0 rings (SSSR count). The van der Waals surface area contributed by atoms with Crippen molar-refractivity contribution >= 4 is 5.97 Å². The molecule has 0 aliphatic rings. The Labute approximate surface area is 170 Å². The molecule has 1 N–H and O–H groups in total. The summed E-state index contributed by atoms with van der Waals surface area (Å²) in [5.41, 5.74) is 0.478. The number of carboxylic acids is 1. The van der Waals surface area contributed by atoms with Crippen molar-refractivity contribution in [3.63, 3.8) is 0 Å². The van der Waals surface area contributed by atoms with E-state index in [1.54, 1.807) is 6.92 Å². The van der Waals surface area contributed by atoms with Gasteiger partial charge in [-0.2, -0.15) is 0 Å². The summed E-state index contributed by atoms with van der Waals surface area (Å²) < 4.78 is 0. The normalized spacial score (nSPS) is 14.3. The third-order valence-electron chi connectivity index (χ3n) is 5.70. The van der Waals surface area contributed by atoms with E-state index in [0.29, 0.717) is 17.4 Å². The van der Waals surface area contributed by atoms with E-state index in [1.807, 2.05) is 6.08 Å². The van der Waals surface area contributed by atoms with Crippen LogP contribution < -0.4 is 0 Å². The first kappa shape index (κ1) is 26.2. The summed E-state index contributed by atoms with van der Waals surface area (Å²) in [5.74, 6) is 0.263.